The van der Waals surface area contributed by atoms with Crippen LogP contribution in [0.4, 0.5) is 4.79 Å². The maximum absolute atomic E-state index is 13.4. The van der Waals surface area contributed by atoms with Crippen LogP contribution in [0.1, 0.15) is 31.9 Å². The van der Waals surface area contributed by atoms with E-state index < -0.39 is 54.2 Å². The number of aliphatic hydroxyl groups excluding tert-OH is 1. The highest BCUT2D eigenvalue weighted by molar-refractivity contribution is 5.93. The van der Waals surface area contributed by atoms with E-state index in [1.807, 2.05) is 36.4 Å². The number of carbonyl (C=O) groups excluding carboxylic acids is 4. The standard InChI is InChI=1S/C27H35N3O7/c1-27(2,3)37-26(35)30-21(16-19-13-9-6-10-14-19)24(33)28-20(15-18-11-7-5-8-12-18)23(32)29-22(17-31)25(34)36-4/h5-14,20-22,31H,15-17H2,1-4H3,(H,28,33)(H,29,32)(H,30,35)/t20-,21-,22-/m1/s1. The van der Waals surface area contributed by atoms with Crippen molar-refractivity contribution in [2.24, 2.45) is 0 Å². The lowest BCUT2D eigenvalue weighted by atomic mass is 10.0. The summed E-state index contributed by atoms with van der Waals surface area (Å²) in [6, 6.07) is 14.6. The fourth-order valence-electron chi connectivity index (χ4n) is 3.43. The van der Waals surface area contributed by atoms with Crippen LogP contribution in [0.25, 0.3) is 0 Å². The molecule has 0 fully saturated rings. The summed E-state index contributed by atoms with van der Waals surface area (Å²) >= 11 is 0. The Morgan fingerprint density at radius 2 is 1.19 bits per heavy atom. The van der Waals surface area contributed by atoms with Crippen molar-refractivity contribution in [3.05, 3.63) is 71.8 Å². The molecule has 0 aromatic heterocycles. The Balaban J connectivity index is 2.28. The molecule has 0 aliphatic heterocycles. The van der Waals surface area contributed by atoms with Gasteiger partial charge in [-0.2, -0.15) is 0 Å². The van der Waals surface area contributed by atoms with Crippen molar-refractivity contribution in [2.45, 2.75) is 57.3 Å². The predicted octanol–water partition coefficient (Wildman–Crippen LogP) is 1.50. The number of rotatable bonds is 11. The van der Waals surface area contributed by atoms with E-state index in [2.05, 4.69) is 20.7 Å². The van der Waals surface area contributed by atoms with Gasteiger partial charge in [-0.3, -0.25) is 9.59 Å². The van der Waals surface area contributed by atoms with E-state index in [1.54, 1.807) is 45.0 Å². The molecule has 0 spiro atoms. The largest absolute Gasteiger partial charge is 0.467 e. The Morgan fingerprint density at radius 1 is 0.757 bits per heavy atom. The first-order valence-electron chi connectivity index (χ1n) is 11.9. The fourth-order valence-corrected chi connectivity index (χ4v) is 3.43. The number of hydrogen-bond donors (Lipinski definition) is 4. The van der Waals surface area contributed by atoms with E-state index >= 15 is 0 Å². The van der Waals surface area contributed by atoms with E-state index in [-0.39, 0.29) is 12.8 Å². The molecular formula is C27H35N3O7. The Hall–Kier alpha value is -3.92. The summed E-state index contributed by atoms with van der Waals surface area (Å²) in [4.78, 5) is 50.9. The van der Waals surface area contributed by atoms with Crippen molar-refractivity contribution in [1.82, 2.24) is 16.0 Å². The summed E-state index contributed by atoms with van der Waals surface area (Å²) in [6.07, 6.45) is -0.534. The highest BCUT2D eigenvalue weighted by Crippen LogP contribution is 2.10. The summed E-state index contributed by atoms with van der Waals surface area (Å²) in [7, 11) is 1.14. The van der Waals surface area contributed by atoms with Crippen molar-refractivity contribution in [3.63, 3.8) is 0 Å². The van der Waals surface area contributed by atoms with Crippen LogP contribution in [0.3, 0.4) is 0 Å². The molecule has 37 heavy (non-hydrogen) atoms. The van der Waals surface area contributed by atoms with Crippen LogP contribution < -0.4 is 16.0 Å². The van der Waals surface area contributed by atoms with Gasteiger partial charge in [0, 0.05) is 12.8 Å². The molecule has 0 unspecified atom stereocenters. The van der Waals surface area contributed by atoms with Gasteiger partial charge in [0.05, 0.1) is 13.7 Å². The monoisotopic (exact) mass is 513 g/mol. The number of benzene rings is 2. The quantitative estimate of drug-likeness (QED) is 0.334. The number of ether oxygens (including phenoxy) is 2. The molecule has 10 nitrogen and oxygen atoms in total. The summed E-state index contributed by atoms with van der Waals surface area (Å²) < 4.78 is 9.93. The number of aliphatic hydroxyl groups is 1. The minimum atomic E-state index is -1.30. The van der Waals surface area contributed by atoms with Crippen LogP contribution in [0.2, 0.25) is 0 Å². The number of alkyl carbamates (subject to hydrolysis) is 1. The molecule has 10 heteroatoms. The average molecular weight is 514 g/mol. The SMILES string of the molecule is COC(=O)[C@@H](CO)NC(=O)[C@@H](Cc1ccccc1)NC(=O)[C@@H](Cc1ccccc1)NC(=O)OC(C)(C)C. The van der Waals surface area contributed by atoms with Gasteiger partial charge in [-0.1, -0.05) is 60.7 Å². The number of amides is 3. The van der Waals surface area contributed by atoms with Gasteiger partial charge in [0.25, 0.3) is 0 Å². The van der Waals surface area contributed by atoms with Gasteiger partial charge < -0.3 is 30.5 Å². The van der Waals surface area contributed by atoms with Crippen LogP contribution in [0.15, 0.2) is 60.7 Å². The van der Waals surface area contributed by atoms with E-state index in [1.165, 1.54) is 0 Å². The smallest absolute Gasteiger partial charge is 0.408 e. The summed E-state index contributed by atoms with van der Waals surface area (Å²) in [5.41, 5.74) is 0.760. The summed E-state index contributed by atoms with van der Waals surface area (Å²) in [5, 5.41) is 17.2. The second-order valence-corrected chi connectivity index (χ2v) is 9.41. The molecular weight excluding hydrogens is 478 g/mol. The van der Waals surface area contributed by atoms with Gasteiger partial charge in [0.2, 0.25) is 11.8 Å². The molecule has 0 aliphatic carbocycles. The van der Waals surface area contributed by atoms with E-state index in [9.17, 15) is 24.3 Å². The van der Waals surface area contributed by atoms with Crippen molar-refractivity contribution < 1.29 is 33.8 Å². The van der Waals surface area contributed by atoms with Gasteiger partial charge in [-0.05, 0) is 31.9 Å². The number of nitrogens with one attached hydrogen (secondary N) is 3. The molecule has 0 bridgehead atoms. The number of carbonyl (C=O) groups is 4. The van der Waals surface area contributed by atoms with Crippen LogP contribution in [-0.2, 0) is 36.7 Å². The van der Waals surface area contributed by atoms with Gasteiger partial charge in [-0.25, -0.2) is 9.59 Å². The second kappa shape index (κ2) is 14.0. The molecule has 4 N–H and O–H groups in total. The lowest BCUT2D eigenvalue weighted by molar-refractivity contribution is -0.146. The number of methoxy groups -OCH3 is 1. The highest BCUT2D eigenvalue weighted by atomic mass is 16.6. The molecule has 2 aromatic carbocycles. The number of hydrogen-bond acceptors (Lipinski definition) is 7. The first-order chi connectivity index (χ1) is 17.5. The average Bonchev–Trinajstić information content (AvgIpc) is 2.86. The predicted molar refractivity (Wildman–Crippen MR) is 136 cm³/mol. The third kappa shape index (κ3) is 10.3. The molecule has 3 atom stereocenters. The molecule has 0 saturated heterocycles. The maximum Gasteiger partial charge on any atom is 0.408 e. The van der Waals surface area contributed by atoms with Crippen LogP contribution >= 0.6 is 0 Å². The molecule has 200 valence electrons. The lowest BCUT2D eigenvalue weighted by Crippen LogP contribution is -2.57. The Kier molecular flexibility index (Phi) is 11.1. The Bertz CT molecular complexity index is 1040. The second-order valence-electron chi connectivity index (χ2n) is 9.41. The van der Waals surface area contributed by atoms with Gasteiger partial charge in [-0.15, -0.1) is 0 Å². The Morgan fingerprint density at radius 3 is 1.59 bits per heavy atom. The summed E-state index contributed by atoms with van der Waals surface area (Å²) in [5.74, 6) is -2.14. The zero-order chi connectivity index (χ0) is 27.4. The van der Waals surface area contributed by atoms with Crippen molar-refractivity contribution >= 4 is 23.9 Å². The first-order valence-corrected chi connectivity index (χ1v) is 11.9. The highest BCUT2D eigenvalue weighted by Gasteiger charge is 2.31. The molecule has 0 aliphatic rings. The lowest BCUT2D eigenvalue weighted by Gasteiger charge is -2.26. The normalized spacial score (nSPS) is 13.4. The topological polar surface area (TPSA) is 143 Å². The third-order valence-electron chi connectivity index (χ3n) is 5.19. The molecule has 0 heterocycles. The molecule has 2 rings (SSSR count). The maximum atomic E-state index is 13.4. The zero-order valence-electron chi connectivity index (χ0n) is 21.5. The van der Waals surface area contributed by atoms with Crippen molar-refractivity contribution in [3.8, 4) is 0 Å². The van der Waals surface area contributed by atoms with Crippen molar-refractivity contribution in [1.29, 1.82) is 0 Å². The minimum absolute atomic E-state index is 0.0994. The van der Waals surface area contributed by atoms with E-state index in [4.69, 9.17) is 4.74 Å². The van der Waals surface area contributed by atoms with Crippen LogP contribution in [0, 0.1) is 0 Å². The van der Waals surface area contributed by atoms with Crippen LogP contribution in [0.5, 0.6) is 0 Å². The van der Waals surface area contributed by atoms with Gasteiger partial charge >= 0.3 is 12.1 Å². The van der Waals surface area contributed by atoms with E-state index in [0.29, 0.717) is 0 Å². The molecule has 0 saturated carbocycles. The van der Waals surface area contributed by atoms with E-state index in [0.717, 1.165) is 18.2 Å². The Labute approximate surface area is 216 Å². The van der Waals surface area contributed by atoms with Crippen molar-refractivity contribution in [2.75, 3.05) is 13.7 Å². The van der Waals surface area contributed by atoms with Crippen LogP contribution in [-0.4, -0.2) is 66.4 Å². The number of esters is 1. The van der Waals surface area contributed by atoms with Gasteiger partial charge in [0.1, 0.15) is 17.7 Å². The third-order valence-corrected chi connectivity index (χ3v) is 5.19. The molecule has 3 amide bonds. The first kappa shape index (κ1) is 29.3. The zero-order valence-corrected chi connectivity index (χ0v) is 21.5. The van der Waals surface area contributed by atoms with Gasteiger partial charge in [0.15, 0.2) is 6.04 Å². The molecule has 0 radical (unpaired) electrons. The summed E-state index contributed by atoms with van der Waals surface area (Å²) in [6.45, 7) is 4.44. The molecule has 2 aromatic rings. The fraction of sp³-hybridized carbons (Fsp3) is 0.407. The minimum Gasteiger partial charge on any atom is -0.467 e.